The van der Waals surface area contributed by atoms with Gasteiger partial charge in [-0.3, -0.25) is 0 Å². The van der Waals surface area contributed by atoms with Gasteiger partial charge in [-0.25, -0.2) is 33.6 Å². The number of hydrogen-bond donors (Lipinski definition) is 0. The maximum Gasteiger partial charge on any atom is 0.333 e. The van der Waals surface area contributed by atoms with Crippen molar-refractivity contribution in [3.8, 4) is 0 Å². The van der Waals surface area contributed by atoms with Crippen molar-refractivity contribution in [2.75, 3.05) is 0 Å². The van der Waals surface area contributed by atoms with Crippen molar-refractivity contribution in [2.45, 2.75) is 357 Å². The number of hydrogen-bond acceptors (Lipinski definition) is 14. The fourth-order valence-corrected chi connectivity index (χ4v) is 24.3. The molecule has 0 spiro atoms. The van der Waals surface area contributed by atoms with Gasteiger partial charge in [-0.15, -0.1) is 0 Å². The first-order valence-electron chi connectivity index (χ1n) is 42.5. The van der Waals surface area contributed by atoms with E-state index < -0.39 is 5.60 Å². The molecule has 0 amide bonds. The van der Waals surface area contributed by atoms with Gasteiger partial charge < -0.3 is 33.2 Å². The Hall–Kier alpha value is -5.53. The highest BCUT2D eigenvalue weighted by Crippen LogP contribution is 2.72. The molecule has 12 atom stereocenters. The average Bonchev–Trinajstić information content (AvgIpc) is 1.43. The first kappa shape index (κ1) is 88.0. The fraction of sp³-hybridized carbons (Fsp3) is 0.777. The molecule has 0 radical (unpaired) electrons. The van der Waals surface area contributed by atoms with Gasteiger partial charge in [0, 0.05) is 56.3 Å². The zero-order chi connectivity index (χ0) is 80.4. The minimum absolute atomic E-state index is 0.160. The van der Waals surface area contributed by atoms with Crippen molar-refractivity contribution < 1.29 is 66.7 Å². The zero-order valence-electron chi connectivity index (χ0n) is 71.0. The first-order valence-corrected chi connectivity index (χ1v) is 42.5. The molecular weight excluding hydrogens is 1350 g/mol. The third-order valence-electron chi connectivity index (χ3n) is 29.3. The van der Waals surface area contributed by atoms with E-state index in [4.69, 9.17) is 33.2 Å². The number of rotatable bonds is 18. The molecule has 0 saturated heterocycles. The maximum atomic E-state index is 12.1. The predicted octanol–water partition coefficient (Wildman–Crippen LogP) is 22.1. The summed E-state index contributed by atoms with van der Waals surface area (Å²) in [6.45, 7) is 61.4. The summed E-state index contributed by atoms with van der Waals surface area (Å²) in [6.07, 6.45) is 36.0. The highest BCUT2D eigenvalue weighted by atomic mass is 16.6. The zero-order valence-corrected chi connectivity index (χ0v) is 71.0. The average molecular weight is 1500 g/mol. The molecule has 14 nitrogen and oxygen atoms in total. The third-order valence-corrected chi connectivity index (χ3v) is 29.3. The van der Waals surface area contributed by atoms with Crippen LogP contribution in [-0.4, -0.2) is 81.0 Å². The van der Waals surface area contributed by atoms with Gasteiger partial charge in [0.2, 0.25) is 0 Å². The molecule has 16 aliphatic carbocycles. The van der Waals surface area contributed by atoms with Gasteiger partial charge in [0.1, 0.15) is 39.2 Å². The first-order chi connectivity index (χ1) is 50.2. The minimum atomic E-state index is -0.407. The quantitative estimate of drug-likeness (QED) is 0.0546. The van der Waals surface area contributed by atoms with Crippen LogP contribution in [0.2, 0.25) is 0 Å². The third kappa shape index (κ3) is 19.9. The van der Waals surface area contributed by atoms with Crippen LogP contribution in [0.3, 0.4) is 0 Å². The molecule has 0 N–H and O–H groups in total. The van der Waals surface area contributed by atoms with Crippen LogP contribution in [0, 0.1) is 106 Å². The molecule has 14 bridgehead atoms. The Morgan fingerprint density at radius 1 is 0.370 bits per heavy atom. The van der Waals surface area contributed by atoms with Crippen LogP contribution < -0.4 is 0 Å². The van der Waals surface area contributed by atoms with E-state index in [1.807, 2.05) is 48.5 Å². The summed E-state index contributed by atoms with van der Waals surface area (Å²) in [5.74, 6) is 12.6. The minimum Gasteiger partial charge on any atom is -0.457 e. The Labute approximate surface area is 653 Å². The maximum absolute atomic E-state index is 12.1. The van der Waals surface area contributed by atoms with Crippen molar-refractivity contribution >= 4 is 41.8 Å². The van der Waals surface area contributed by atoms with Crippen molar-refractivity contribution in [1.29, 1.82) is 0 Å². The van der Waals surface area contributed by atoms with E-state index in [1.54, 1.807) is 48.5 Å². The van der Waals surface area contributed by atoms with E-state index in [-0.39, 0.29) is 80.8 Å². The molecule has 16 saturated carbocycles. The molecule has 0 aromatic heterocycles. The lowest BCUT2D eigenvalue weighted by Crippen LogP contribution is -2.59. The predicted molar refractivity (Wildman–Crippen MR) is 429 cm³/mol. The summed E-state index contributed by atoms with van der Waals surface area (Å²) in [4.78, 5) is 80.9. The number of esters is 7. The van der Waals surface area contributed by atoms with E-state index in [0.717, 1.165) is 128 Å². The van der Waals surface area contributed by atoms with E-state index in [9.17, 15) is 33.6 Å². The molecule has 0 heterocycles. The van der Waals surface area contributed by atoms with Gasteiger partial charge in [0.25, 0.3) is 0 Å². The van der Waals surface area contributed by atoms with Crippen LogP contribution in [0.1, 0.15) is 318 Å². The number of ether oxygens (including phenoxy) is 7. The number of carbonyl (C=O) groups excluding carboxylic acids is 7. The summed E-state index contributed by atoms with van der Waals surface area (Å²) in [7, 11) is 0. The second kappa shape index (κ2) is 34.8. The van der Waals surface area contributed by atoms with Crippen LogP contribution in [0.5, 0.6) is 0 Å². The highest BCUT2D eigenvalue weighted by Gasteiger charge is 2.68. The second-order valence-corrected chi connectivity index (χ2v) is 39.6. The molecule has 16 aliphatic rings. The standard InChI is InChI=1S/C18H26O2.C17H26O2.2C16H24O2.C10H16O2.C9H16O2.C8H14O2/c1-4-18(20-17(19)10(2)3)9-13-8-14(18)16-12-6-5-11(7-12)15(13)16;1-11(2)15(18)19-16(3,4)17-8-12-5-13(9-17)7-14(6-12)10-17;1-4-16(18-15(17)10(2)3)13-6-11-5-12(8-13)9-14(16)7-11;1-4-16(18-15(17)10(2)3)9-11-8-14(16)13-7-5-6-12(11)13;1-8(2)9(11)12-10(3)6-4-5-7-10;1-6-9(4,5)11-8(10)7(2)3;1-6(2)7(9)10-8(3,4)5/h11-16H,2,4-9H2,1,3H3;12-14H,1,5-10H2,2-4H3;2*11-14H,2,4-9H2,1,3H3;1,4-7H2,2-3H3;2,6H2,1,3-5H3;1H2,2-5H3. The fourth-order valence-electron chi connectivity index (χ4n) is 24.3. The summed E-state index contributed by atoms with van der Waals surface area (Å²) in [6, 6.07) is 0. The van der Waals surface area contributed by atoms with Crippen LogP contribution in [0.25, 0.3) is 0 Å². The normalized spacial score (nSPS) is 36.0. The monoisotopic (exact) mass is 1500 g/mol. The van der Waals surface area contributed by atoms with E-state index in [2.05, 4.69) is 80.7 Å². The van der Waals surface area contributed by atoms with E-state index >= 15 is 0 Å². The molecule has 12 unspecified atom stereocenters. The van der Waals surface area contributed by atoms with Crippen LogP contribution in [0.4, 0.5) is 0 Å². The molecular formula is C94H146O14. The van der Waals surface area contributed by atoms with Gasteiger partial charge in [0.05, 0.1) is 0 Å². The smallest absolute Gasteiger partial charge is 0.333 e. The topological polar surface area (TPSA) is 184 Å². The van der Waals surface area contributed by atoms with Crippen LogP contribution in [-0.2, 0) is 66.7 Å². The van der Waals surface area contributed by atoms with E-state index in [0.29, 0.717) is 62.7 Å². The number of carbonyl (C=O) groups is 7. The summed E-state index contributed by atoms with van der Waals surface area (Å²) < 4.78 is 39.2. The van der Waals surface area contributed by atoms with Crippen molar-refractivity contribution in [2.24, 2.45) is 106 Å². The molecule has 0 aromatic carbocycles. The van der Waals surface area contributed by atoms with Crippen molar-refractivity contribution in [3.63, 3.8) is 0 Å². The second-order valence-electron chi connectivity index (χ2n) is 39.6. The Kier molecular flexibility index (Phi) is 28.4. The van der Waals surface area contributed by atoms with E-state index in [1.165, 1.54) is 135 Å². The Morgan fingerprint density at radius 3 is 1.19 bits per heavy atom. The summed E-state index contributed by atoms with van der Waals surface area (Å²) >= 11 is 0. The largest absolute Gasteiger partial charge is 0.457 e. The SMILES string of the molecule is C=C(C)C(=O)OC(C)(C)C.C=C(C)C(=O)OC(C)(C)C12CC3CC(CC(C3)C1)C2.C=C(C)C(=O)OC(C)(C)CC.C=C(C)C(=O)OC1(C)CCCC1.C=C(C)C(=O)OC1(CC)C2CC3CC(C2)CC1C3.C=C(C)C(=O)OC1(CC)CC2CC1C1C3CCC(C3)C21.C=C(C)C(=O)OC1(CC)CC2CC1C1CCCC21. The van der Waals surface area contributed by atoms with Gasteiger partial charge >= 0.3 is 41.8 Å². The van der Waals surface area contributed by atoms with Crippen LogP contribution >= 0.6 is 0 Å². The van der Waals surface area contributed by atoms with Crippen LogP contribution in [0.15, 0.2) is 85.1 Å². The summed E-state index contributed by atoms with van der Waals surface area (Å²) in [5.41, 5.74) is 1.92. The molecule has 0 aromatic rings. The Bertz CT molecular complexity index is 3310. The molecule has 108 heavy (non-hydrogen) atoms. The van der Waals surface area contributed by atoms with Gasteiger partial charge in [-0.05, 0) is 372 Å². The summed E-state index contributed by atoms with van der Waals surface area (Å²) in [5, 5.41) is 0. The Balaban J connectivity index is 0.000000161. The lowest BCUT2D eigenvalue weighted by atomic mass is 9.46. The van der Waals surface area contributed by atoms with Gasteiger partial charge in [-0.1, -0.05) is 80.2 Å². The van der Waals surface area contributed by atoms with Gasteiger partial charge in [0.15, 0.2) is 0 Å². The lowest BCUT2D eigenvalue weighted by molar-refractivity contribution is -0.207. The molecule has 606 valence electrons. The van der Waals surface area contributed by atoms with Crippen molar-refractivity contribution in [1.82, 2.24) is 0 Å². The molecule has 14 heteroatoms. The molecule has 16 fully saturated rings. The lowest BCUT2D eigenvalue weighted by Gasteiger charge is -2.61. The molecule has 0 aliphatic heterocycles. The highest BCUT2D eigenvalue weighted by molar-refractivity contribution is 5.90. The Morgan fingerprint density at radius 2 is 0.759 bits per heavy atom. The van der Waals surface area contributed by atoms with Gasteiger partial charge in [-0.2, -0.15) is 0 Å². The number of fused-ring (bicyclic) bond motifs is 14. The molecule has 16 rings (SSSR count). The van der Waals surface area contributed by atoms with Crippen molar-refractivity contribution in [3.05, 3.63) is 85.1 Å².